The number of nitrogens with one attached hydrogen (secondary N) is 1. The third kappa shape index (κ3) is 5.10. The van der Waals surface area contributed by atoms with E-state index in [2.05, 4.69) is 10.5 Å². The highest BCUT2D eigenvalue weighted by Crippen LogP contribution is 2.23. The molecule has 1 aromatic heterocycles. The van der Waals surface area contributed by atoms with Crippen LogP contribution in [0.25, 0.3) is 11.3 Å². The van der Waals surface area contributed by atoms with Crippen LogP contribution >= 0.6 is 0 Å². The fourth-order valence-electron chi connectivity index (χ4n) is 2.61. The van der Waals surface area contributed by atoms with Gasteiger partial charge in [0.05, 0.1) is 11.8 Å². The first-order valence-electron chi connectivity index (χ1n) is 8.88. The fraction of sp³-hybridized carbons (Fsp3) is 0.136. The quantitative estimate of drug-likeness (QED) is 0.471. The summed E-state index contributed by atoms with van der Waals surface area (Å²) in [4.78, 5) is 23.0. The second-order valence-corrected chi connectivity index (χ2v) is 6.37. The Kier molecular flexibility index (Phi) is 6.09. The molecule has 148 valence electrons. The average Bonchev–Trinajstić information content (AvgIpc) is 3.18. The Labute approximate surface area is 167 Å². The molecular formula is C22H20N2O5. The van der Waals surface area contributed by atoms with E-state index in [9.17, 15) is 9.59 Å². The summed E-state index contributed by atoms with van der Waals surface area (Å²) in [5.41, 5.74) is 5.25. The van der Waals surface area contributed by atoms with Gasteiger partial charge in [-0.05, 0) is 55.3 Å². The van der Waals surface area contributed by atoms with Crippen LogP contribution in [0.1, 0.15) is 27.2 Å². The summed E-state index contributed by atoms with van der Waals surface area (Å²) in [6.45, 7) is 3.75. The first-order chi connectivity index (χ1) is 13.9. The third-order valence-corrected chi connectivity index (χ3v) is 4.32. The van der Waals surface area contributed by atoms with Gasteiger partial charge in [-0.15, -0.1) is 0 Å². The van der Waals surface area contributed by atoms with Crippen molar-refractivity contribution in [3.8, 4) is 17.1 Å². The van der Waals surface area contributed by atoms with Crippen LogP contribution < -0.4 is 10.2 Å². The van der Waals surface area contributed by atoms with E-state index in [1.807, 2.05) is 32.0 Å². The highest BCUT2D eigenvalue weighted by Gasteiger charge is 2.08. The molecule has 7 heteroatoms. The van der Waals surface area contributed by atoms with E-state index in [1.54, 1.807) is 24.3 Å². The summed E-state index contributed by atoms with van der Waals surface area (Å²) in [7, 11) is 0. The number of aryl methyl sites for hydroxylation is 1. The lowest BCUT2D eigenvalue weighted by Crippen LogP contribution is -2.24. The topological polar surface area (TPSA) is 101 Å². The molecule has 0 fully saturated rings. The molecule has 7 nitrogen and oxygen atoms in total. The summed E-state index contributed by atoms with van der Waals surface area (Å²) in [6.07, 6.45) is 1.36. The van der Waals surface area contributed by atoms with Crippen molar-refractivity contribution in [1.82, 2.24) is 5.43 Å². The zero-order valence-corrected chi connectivity index (χ0v) is 16.0. The summed E-state index contributed by atoms with van der Waals surface area (Å²) in [6, 6.07) is 15.4. The van der Waals surface area contributed by atoms with Gasteiger partial charge in [-0.25, -0.2) is 10.2 Å². The van der Waals surface area contributed by atoms with Gasteiger partial charge in [-0.3, -0.25) is 4.79 Å². The molecule has 29 heavy (non-hydrogen) atoms. The largest absolute Gasteiger partial charge is 0.483 e. The number of carbonyl (C=O) groups is 2. The van der Waals surface area contributed by atoms with Crippen molar-refractivity contribution in [2.45, 2.75) is 13.8 Å². The van der Waals surface area contributed by atoms with E-state index in [4.69, 9.17) is 14.3 Å². The molecule has 0 aliphatic rings. The van der Waals surface area contributed by atoms with Gasteiger partial charge in [-0.2, -0.15) is 5.10 Å². The highest BCUT2D eigenvalue weighted by molar-refractivity contribution is 5.89. The lowest BCUT2D eigenvalue weighted by molar-refractivity contribution is -0.123. The Morgan fingerprint density at radius 3 is 2.72 bits per heavy atom. The second kappa shape index (κ2) is 8.88. The smallest absolute Gasteiger partial charge is 0.335 e. The van der Waals surface area contributed by atoms with Crippen LogP contribution in [-0.4, -0.2) is 29.8 Å². The van der Waals surface area contributed by atoms with Crippen LogP contribution in [0.3, 0.4) is 0 Å². The normalized spacial score (nSPS) is 10.8. The monoisotopic (exact) mass is 392 g/mol. The minimum absolute atomic E-state index is 0.160. The Morgan fingerprint density at radius 2 is 1.93 bits per heavy atom. The van der Waals surface area contributed by atoms with E-state index in [0.29, 0.717) is 22.8 Å². The van der Waals surface area contributed by atoms with E-state index in [1.165, 1.54) is 18.3 Å². The van der Waals surface area contributed by atoms with Crippen LogP contribution in [0.15, 0.2) is 64.1 Å². The van der Waals surface area contributed by atoms with E-state index in [0.717, 1.165) is 11.1 Å². The van der Waals surface area contributed by atoms with Gasteiger partial charge < -0.3 is 14.3 Å². The van der Waals surface area contributed by atoms with Gasteiger partial charge in [0, 0.05) is 5.56 Å². The van der Waals surface area contributed by atoms with Gasteiger partial charge >= 0.3 is 5.97 Å². The molecule has 3 rings (SSSR count). The van der Waals surface area contributed by atoms with E-state index < -0.39 is 11.9 Å². The number of carboxylic acid groups (broad SMARTS) is 1. The maximum Gasteiger partial charge on any atom is 0.335 e. The van der Waals surface area contributed by atoms with Crippen molar-refractivity contribution in [1.29, 1.82) is 0 Å². The number of carboxylic acids is 1. The number of hydrazone groups is 1. The van der Waals surface area contributed by atoms with Crippen LogP contribution in [0.2, 0.25) is 0 Å². The number of hydrogen-bond donors (Lipinski definition) is 2. The summed E-state index contributed by atoms with van der Waals surface area (Å²) >= 11 is 0. The average molecular weight is 392 g/mol. The number of furan rings is 1. The first kappa shape index (κ1) is 19.9. The number of nitrogens with zero attached hydrogens (tertiary/aromatic N) is 1. The predicted octanol–water partition coefficient (Wildman–Crippen LogP) is 3.79. The molecule has 0 unspecified atom stereocenters. The van der Waals surface area contributed by atoms with Crippen molar-refractivity contribution >= 4 is 18.1 Å². The van der Waals surface area contributed by atoms with Crippen molar-refractivity contribution in [3.05, 3.63) is 77.0 Å². The minimum atomic E-state index is -1.01. The van der Waals surface area contributed by atoms with Crippen molar-refractivity contribution in [2.75, 3.05) is 6.61 Å². The molecular weight excluding hydrogens is 372 g/mol. The molecule has 0 saturated carbocycles. The maximum atomic E-state index is 11.9. The molecule has 0 aliphatic heterocycles. The van der Waals surface area contributed by atoms with E-state index >= 15 is 0 Å². The number of benzene rings is 2. The van der Waals surface area contributed by atoms with Crippen LogP contribution in [0.4, 0.5) is 0 Å². The number of carbonyl (C=O) groups excluding carboxylic acids is 1. The standard InChI is InChI=1S/C22H20N2O5/c1-14-5-3-8-19(15(14)2)28-13-21(25)24-23-12-18-9-10-20(29-18)16-6-4-7-17(11-16)22(26)27/h3-12H,13H2,1-2H3,(H,24,25)(H,26,27)/b23-12+. The van der Waals surface area contributed by atoms with Crippen LogP contribution in [-0.2, 0) is 4.79 Å². The number of amides is 1. The molecule has 0 bridgehead atoms. The Hall–Kier alpha value is -3.87. The van der Waals surface area contributed by atoms with Gasteiger partial charge in [-0.1, -0.05) is 24.3 Å². The number of rotatable bonds is 7. The van der Waals surface area contributed by atoms with Gasteiger partial charge in [0.15, 0.2) is 6.61 Å². The first-order valence-corrected chi connectivity index (χ1v) is 8.88. The summed E-state index contributed by atoms with van der Waals surface area (Å²) in [5.74, 6) is 0.160. The zero-order valence-electron chi connectivity index (χ0n) is 16.0. The van der Waals surface area contributed by atoms with Gasteiger partial charge in [0.2, 0.25) is 0 Å². The maximum absolute atomic E-state index is 11.9. The molecule has 1 heterocycles. The molecule has 2 N–H and O–H groups in total. The van der Waals surface area contributed by atoms with Crippen molar-refractivity contribution in [3.63, 3.8) is 0 Å². The molecule has 3 aromatic rings. The Balaban J connectivity index is 1.56. The fourth-order valence-corrected chi connectivity index (χ4v) is 2.61. The number of aromatic carboxylic acids is 1. The zero-order chi connectivity index (χ0) is 20.8. The molecule has 1 amide bonds. The van der Waals surface area contributed by atoms with Crippen LogP contribution in [0.5, 0.6) is 5.75 Å². The number of hydrogen-bond acceptors (Lipinski definition) is 5. The minimum Gasteiger partial charge on any atom is -0.483 e. The summed E-state index contributed by atoms with van der Waals surface area (Å²) < 4.78 is 11.1. The number of ether oxygens (including phenoxy) is 1. The lowest BCUT2D eigenvalue weighted by Gasteiger charge is -2.09. The van der Waals surface area contributed by atoms with Crippen LogP contribution in [0, 0.1) is 13.8 Å². The van der Waals surface area contributed by atoms with Crippen molar-refractivity contribution in [2.24, 2.45) is 5.10 Å². The summed E-state index contributed by atoms with van der Waals surface area (Å²) in [5, 5.41) is 12.9. The highest BCUT2D eigenvalue weighted by atomic mass is 16.5. The Bertz CT molecular complexity index is 1070. The molecule has 0 saturated heterocycles. The predicted molar refractivity (Wildman–Crippen MR) is 108 cm³/mol. The molecule has 0 atom stereocenters. The van der Waals surface area contributed by atoms with Gasteiger partial charge in [0.1, 0.15) is 17.3 Å². The molecule has 0 aliphatic carbocycles. The second-order valence-electron chi connectivity index (χ2n) is 6.37. The lowest BCUT2D eigenvalue weighted by atomic mass is 10.1. The van der Waals surface area contributed by atoms with E-state index in [-0.39, 0.29) is 12.2 Å². The van der Waals surface area contributed by atoms with Crippen molar-refractivity contribution < 1.29 is 23.8 Å². The molecule has 0 spiro atoms. The third-order valence-electron chi connectivity index (χ3n) is 4.32. The Morgan fingerprint density at radius 1 is 1.14 bits per heavy atom. The molecule has 2 aromatic carbocycles. The molecule has 0 radical (unpaired) electrons. The SMILES string of the molecule is Cc1cccc(OCC(=O)N/N=C/c2ccc(-c3cccc(C(=O)O)c3)o2)c1C. The van der Waals surface area contributed by atoms with Gasteiger partial charge in [0.25, 0.3) is 5.91 Å².